The fraction of sp³-hybridized carbons (Fsp3) is 0.174. The van der Waals surface area contributed by atoms with Crippen LogP contribution in [-0.2, 0) is 0 Å². The maximum atomic E-state index is 10.6. The molecule has 2 heterocycles. The molecule has 0 fully saturated rings. The van der Waals surface area contributed by atoms with E-state index in [1.54, 1.807) is 42.9 Å². The number of likely N-dealkylation sites (N-methyl/N-ethyl adjacent to an activating group) is 2. The molecule has 0 aliphatic carbocycles. The predicted octanol–water partition coefficient (Wildman–Crippen LogP) is 4.48. The molecule has 2 aromatic heterocycles. The summed E-state index contributed by atoms with van der Waals surface area (Å²) in [5, 5.41) is 3.13. The number of nitrogens with one attached hydrogen (secondary N) is 2. The minimum atomic E-state index is -3.19. The second-order valence-corrected chi connectivity index (χ2v) is 9.16. The number of fused-ring (bicyclic) bond motifs is 1. The minimum absolute atomic E-state index is 0.418. The van der Waals surface area contributed by atoms with Crippen molar-refractivity contribution in [1.82, 2.24) is 20.3 Å². The Hall–Kier alpha value is -3.24. The Morgan fingerprint density at radius 3 is 2.53 bits per heavy atom. The lowest BCUT2D eigenvalue weighted by Gasteiger charge is -2.33. The molecule has 0 atom stereocenters. The molecule has 4 aromatic rings. The molecule has 0 spiro atoms. The molecule has 4 N–H and O–H groups in total. The zero-order valence-corrected chi connectivity index (χ0v) is 18.8. The summed E-state index contributed by atoms with van der Waals surface area (Å²) in [6.45, 7) is 1.67. The van der Waals surface area contributed by atoms with Crippen LogP contribution < -0.4 is 14.9 Å². The zero-order chi connectivity index (χ0) is 22.6. The molecular weight excluding hydrogens is 424 g/mol. The van der Waals surface area contributed by atoms with Gasteiger partial charge in [0.25, 0.3) is 0 Å². The largest absolute Gasteiger partial charge is 0.357 e. The molecule has 0 amide bonds. The number of nitrogens with zero attached hydrogens (tertiary/aromatic N) is 4. The van der Waals surface area contributed by atoms with E-state index < -0.39 is 10.8 Å². The summed E-state index contributed by atoms with van der Waals surface area (Å²) in [4.78, 5) is 16.0. The molecule has 32 heavy (non-hydrogen) atoms. The zero-order valence-electron chi connectivity index (χ0n) is 17.9. The third-order valence-corrected chi connectivity index (χ3v) is 6.47. The quantitative estimate of drug-likeness (QED) is 0.311. The van der Waals surface area contributed by atoms with Crippen molar-refractivity contribution in [3.63, 3.8) is 0 Å². The molecule has 0 saturated heterocycles. The van der Waals surface area contributed by atoms with Crippen LogP contribution in [0.5, 0.6) is 0 Å². The van der Waals surface area contributed by atoms with Gasteiger partial charge in [-0.3, -0.25) is 23.8 Å². The number of rotatable bonds is 8. The molecule has 8 nitrogen and oxygen atoms in total. The van der Waals surface area contributed by atoms with E-state index >= 15 is 0 Å². The summed E-state index contributed by atoms with van der Waals surface area (Å²) in [5.41, 5.74) is 3.84. The SMILES string of the molecule is CNCCN(C)c1cnc2ccc(-c3cncc(NS(O)(O)c4ccccc4)c3)cc2n1. The fourth-order valence-electron chi connectivity index (χ4n) is 3.25. The summed E-state index contributed by atoms with van der Waals surface area (Å²) in [6, 6.07) is 16.4. The van der Waals surface area contributed by atoms with Crippen LogP contribution >= 0.6 is 10.8 Å². The lowest BCUT2D eigenvalue weighted by Crippen LogP contribution is -2.27. The molecule has 0 saturated carbocycles. The molecule has 4 rings (SSSR count). The first-order valence-electron chi connectivity index (χ1n) is 10.2. The minimum Gasteiger partial charge on any atom is -0.357 e. The lowest BCUT2D eigenvalue weighted by atomic mass is 10.1. The van der Waals surface area contributed by atoms with Crippen LogP contribution in [0.3, 0.4) is 0 Å². The van der Waals surface area contributed by atoms with Gasteiger partial charge in [0.1, 0.15) is 5.82 Å². The maximum Gasteiger partial charge on any atom is 0.147 e. The Morgan fingerprint density at radius 2 is 1.75 bits per heavy atom. The first-order chi connectivity index (χ1) is 15.5. The monoisotopic (exact) mass is 450 g/mol. The van der Waals surface area contributed by atoms with Crippen LogP contribution in [0.1, 0.15) is 0 Å². The first kappa shape index (κ1) is 22.0. The molecule has 0 radical (unpaired) electrons. The molecule has 9 heteroatoms. The van der Waals surface area contributed by atoms with Gasteiger partial charge in [0.05, 0.1) is 34.0 Å². The highest BCUT2D eigenvalue weighted by Gasteiger charge is 2.15. The molecule has 0 aliphatic rings. The van der Waals surface area contributed by atoms with Crippen molar-refractivity contribution in [3.05, 3.63) is 73.2 Å². The third-order valence-electron chi connectivity index (χ3n) is 5.02. The van der Waals surface area contributed by atoms with Gasteiger partial charge in [0.15, 0.2) is 0 Å². The summed E-state index contributed by atoms with van der Waals surface area (Å²) >= 11 is 0. The number of hydrogen-bond donors (Lipinski definition) is 4. The van der Waals surface area contributed by atoms with Crippen molar-refractivity contribution >= 4 is 33.3 Å². The van der Waals surface area contributed by atoms with E-state index in [1.165, 1.54) is 0 Å². The van der Waals surface area contributed by atoms with Gasteiger partial charge in [-0.2, -0.15) is 0 Å². The second kappa shape index (κ2) is 9.49. The van der Waals surface area contributed by atoms with Crippen molar-refractivity contribution in [2.75, 3.05) is 36.8 Å². The van der Waals surface area contributed by atoms with E-state index in [9.17, 15) is 9.11 Å². The van der Waals surface area contributed by atoms with Crippen molar-refractivity contribution in [1.29, 1.82) is 0 Å². The molecule has 2 aromatic carbocycles. The average molecular weight is 451 g/mol. The number of anilines is 2. The summed E-state index contributed by atoms with van der Waals surface area (Å²) in [7, 11) is 0.713. The maximum absolute atomic E-state index is 10.6. The van der Waals surface area contributed by atoms with Crippen LogP contribution in [-0.4, -0.2) is 51.2 Å². The molecule has 0 bridgehead atoms. The topological polar surface area (TPSA) is 106 Å². The highest BCUT2D eigenvalue weighted by molar-refractivity contribution is 8.25. The third kappa shape index (κ3) is 4.97. The van der Waals surface area contributed by atoms with Crippen molar-refractivity contribution < 1.29 is 9.11 Å². The highest BCUT2D eigenvalue weighted by Crippen LogP contribution is 2.47. The first-order valence-corrected chi connectivity index (χ1v) is 11.7. The normalized spacial score (nSPS) is 12.0. The Labute approximate surface area is 188 Å². The van der Waals surface area contributed by atoms with Gasteiger partial charge in [0.2, 0.25) is 0 Å². The van der Waals surface area contributed by atoms with E-state index in [2.05, 4.69) is 24.9 Å². The number of aromatic nitrogens is 3. The number of hydrogen-bond acceptors (Lipinski definition) is 8. The number of pyridine rings is 1. The van der Waals surface area contributed by atoms with Gasteiger partial charge in [-0.05, 0) is 42.9 Å². The summed E-state index contributed by atoms with van der Waals surface area (Å²) < 4.78 is 23.9. The van der Waals surface area contributed by atoms with Gasteiger partial charge < -0.3 is 10.2 Å². The van der Waals surface area contributed by atoms with E-state index in [1.807, 2.05) is 44.4 Å². The number of benzene rings is 2. The molecule has 166 valence electrons. The Balaban J connectivity index is 1.61. The van der Waals surface area contributed by atoms with Gasteiger partial charge in [-0.15, -0.1) is 0 Å². The van der Waals surface area contributed by atoms with Gasteiger partial charge in [0, 0.05) is 31.9 Å². The van der Waals surface area contributed by atoms with Crippen LogP contribution in [0, 0.1) is 0 Å². The molecule has 0 unspecified atom stereocenters. The summed E-state index contributed by atoms with van der Waals surface area (Å²) in [5.74, 6) is 0.801. The van der Waals surface area contributed by atoms with E-state index in [0.717, 1.165) is 41.1 Å². The van der Waals surface area contributed by atoms with Crippen molar-refractivity contribution in [2.45, 2.75) is 4.90 Å². The van der Waals surface area contributed by atoms with E-state index in [0.29, 0.717) is 10.6 Å². The Bertz CT molecular complexity index is 1210. The van der Waals surface area contributed by atoms with Crippen molar-refractivity contribution in [3.8, 4) is 11.1 Å². The fourth-order valence-corrected chi connectivity index (χ4v) is 4.34. The second-order valence-electron chi connectivity index (χ2n) is 7.38. The van der Waals surface area contributed by atoms with Gasteiger partial charge in [-0.1, -0.05) is 35.0 Å². The van der Waals surface area contributed by atoms with Crippen LogP contribution in [0.2, 0.25) is 0 Å². The van der Waals surface area contributed by atoms with Crippen LogP contribution in [0.4, 0.5) is 11.5 Å². The Kier molecular flexibility index (Phi) is 6.52. The highest BCUT2D eigenvalue weighted by atomic mass is 32.3. The standard InChI is InChI=1S/C23H26N6O2S/c1-24-10-11-29(2)23-16-26-21-9-8-17(13-22(21)27-23)18-12-19(15-25-14-18)28-32(30,31)20-6-4-3-5-7-20/h3-9,12-16,24,28,30-31H,10-11H2,1-2H3. The molecule has 0 aliphatic heterocycles. The van der Waals surface area contributed by atoms with E-state index in [4.69, 9.17) is 4.98 Å². The van der Waals surface area contributed by atoms with Crippen LogP contribution in [0.25, 0.3) is 22.2 Å². The van der Waals surface area contributed by atoms with Crippen LogP contribution in [0.15, 0.2) is 78.1 Å². The van der Waals surface area contributed by atoms with Gasteiger partial charge in [-0.25, -0.2) is 4.98 Å². The lowest BCUT2D eigenvalue weighted by molar-refractivity contribution is 0.494. The molecular formula is C23H26N6O2S. The summed E-state index contributed by atoms with van der Waals surface area (Å²) in [6.07, 6.45) is 5.07. The van der Waals surface area contributed by atoms with E-state index in [-0.39, 0.29) is 0 Å². The predicted molar refractivity (Wildman–Crippen MR) is 131 cm³/mol. The van der Waals surface area contributed by atoms with Gasteiger partial charge >= 0.3 is 0 Å². The Morgan fingerprint density at radius 1 is 0.938 bits per heavy atom. The average Bonchev–Trinajstić information content (AvgIpc) is 2.82. The van der Waals surface area contributed by atoms with Crippen molar-refractivity contribution in [2.24, 2.45) is 0 Å². The smallest absolute Gasteiger partial charge is 0.147 e.